The standard InChI is InChI=1S/C21H29N5O2/c1-2-19-22-8-10-26(19)20-7-3-6-18(23-20)17-5-4-9-24(15-17)16-21(27)25-11-13-28-14-12-25/h3,6-8,10,17H,2,4-5,9,11-16H2,1H3/t17-/m0/s1. The number of ether oxygens (including phenoxy) is 1. The third-order valence-corrected chi connectivity index (χ3v) is 5.68. The number of carbonyl (C=O) groups is 1. The van der Waals surface area contributed by atoms with E-state index in [4.69, 9.17) is 9.72 Å². The Morgan fingerprint density at radius 2 is 2.11 bits per heavy atom. The van der Waals surface area contributed by atoms with Crippen molar-refractivity contribution in [2.24, 2.45) is 0 Å². The lowest BCUT2D eigenvalue weighted by molar-refractivity contribution is -0.136. The highest BCUT2D eigenvalue weighted by molar-refractivity contribution is 5.78. The maximum Gasteiger partial charge on any atom is 0.236 e. The molecule has 0 spiro atoms. The lowest BCUT2D eigenvalue weighted by atomic mass is 9.94. The normalized spacial score (nSPS) is 21.0. The highest BCUT2D eigenvalue weighted by Crippen LogP contribution is 2.26. The quantitative estimate of drug-likeness (QED) is 0.789. The topological polar surface area (TPSA) is 63.5 Å². The number of amides is 1. The lowest BCUT2D eigenvalue weighted by Crippen LogP contribution is -2.47. The van der Waals surface area contributed by atoms with Crippen LogP contribution in [0.25, 0.3) is 5.82 Å². The first-order valence-electron chi connectivity index (χ1n) is 10.3. The van der Waals surface area contributed by atoms with Crippen molar-refractivity contribution in [2.75, 3.05) is 45.9 Å². The molecule has 0 aliphatic carbocycles. The summed E-state index contributed by atoms with van der Waals surface area (Å²) in [7, 11) is 0. The van der Waals surface area contributed by atoms with Gasteiger partial charge in [0.15, 0.2) is 0 Å². The number of morpholine rings is 1. The third-order valence-electron chi connectivity index (χ3n) is 5.68. The Hall–Kier alpha value is -2.25. The maximum absolute atomic E-state index is 12.6. The Morgan fingerprint density at radius 3 is 2.93 bits per heavy atom. The fraction of sp³-hybridized carbons (Fsp3) is 0.571. The van der Waals surface area contributed by atoms with Crippen LogP contribution in [0.1, 0.15) is 37.2 Å². The number of aryl methyl sites for hydroxylation is 1. The van der Waals surface area contributed by atoms with Gasteiger partial charge in [-0.05, 0) is 31.5 Å². The molecule has 1 amide bonds. The van der Waals surface area contributed by atoms with Crippen molar-refractivity contribution in [1.82, 2.24) is 24.3 Å². The summed E-state index contributed by atoms with van der Waals surface area (Å²) in [5.74, 6) is 2.52. The van der Waals surface area contributed by atoms with Gasteiger partial charge in [-0.15, -0.1) is 0 Å². The molecule has 0 aromatic carbocycles. The van der Waals surface area contributed by atoms with Crippen molar-refractivity contribution in [3.05, 3.63) is 42.1 Å². The van der Waals surface area contributed by atoms with Crippen LogP contribution in [0, 0.1) is 0 Å². The second-order valence-corrected chi connectivity index (χ2v) is 7.56. The van der Waals surface area contributed by atoms with Gasteiger partial charge >= 0.3 is 0 Å². The molecule has 0 saturated carbocycles. The Morgan fingerprint density at radius 1 is 1.25 bits per heavy atom. The van der Waals surface area contributed by atoms with Gasteiger partial charge in [0.05, 0.1) is 19.8 Å². The predicted molar refractivity (Wildman–Crippen MR) is 107 cm³/mol. The SMILES string of the molecule is CCc1nccn1-c1cccc([C@H]2CCCN(CC(=O)N3CCOCC3)C2)n1. The lowest BCUT2D eigenvalue weighted by Gasteiger charge is -2.34. The van der Waals surface area contributed by atoms with Gasteiger partial charge in [0.2, 0.25) is 5.91 Å². The largest absolute Gasteiger partial charge is 0.378 e. The minimum Gasteiger partial charge on any atom is -0.378 e. The molecule has 4 heterocycles. The first-order chi connectivity index (χ1) is 13.7. The number of piperidine rings is 1. The van der Waals surface area contributed by atoms with Crippen molar-refractivity contribution < 1.29 is 9.53 Å². The van der Waals surface area contributed by atoms with Crippen molar-refractivity contribution in [3.63, 3.8) is 0 Å². The molecule has 2 aliphatic rings. The first-order valence-corrected chi connectivity index (χ1v) is 10.3. The Kier molecular flexibility index (Phi) is 6.02. The number of carbonyl (C=O) groups excluding carboxylic acids is 1. The monoisotopic (exact) mass is 383 g/mol. The van der Waals surface area contributed by atoms with Gasteiger partial charge in [-0.1, -0.05) is 13.0 Å². The molecule has 0 N–H and O–H groups in total. The zero-order chi connectivity index (χ0) is 19.3. The van der Waals surface area contributed by atoms with Crippen molar-refractivity contribution in [3.8, 4) is 5.82 Å². The van der Waals surface area contributed by atoms with Crippen LogP contribution in [-0.4, -0.2) is 76.2 Å². The minimum atomic E-state index is 0.219. The Bertz CT molecular complexity index is 800. The van der Waals surface area contributed by atoms with Gasteiger partial charge in [-0.3, -0.25) is 14.3 Å². The summed E-state index contributed by atoms with van der Waals surface area (Å²) in [4.78, 5) is 26.1. The number of imidazole rings is 1. The van der Waals surface area contributed by atoms with Gasteiger partial charge in [-0.2, -0.15) is 0 Å². The molecule has 150 valence electrons. The molecule has 1 atom stereocenters. The van der Waals surface area contributed by atoms with E-state index in [2.05, 4.69) is 33.5 Å². The molecular formula is C21H29N5O2. The summed E-state index contributed by atoms with van der Waals surface area (Å²) in [6.45, 7) is 7.20. The maximum atomic E-state index is 12.6. The molecule has 2 fully saturated rings. The predicted octanol–water partition coefficient (Wildman–Crippen LogP) is 1.87. The molecule has 2 aromatic rings. The molecule has 0 bridgehead atoms. The summed E-state index contributed by atoms with van der Waals surface area (Å²) in [6.07, 6.45) is 6.88. The minimum absolute atomic E-state index is 0.219. The molecule has 7 heteroatoms. The van der Waals surface area contributed by atoms with E-state index in [1.807, 2.05) is 23.4 Å². The zero-order valence-electron chi connectivity index (χ0n) is 16.6. The number of hydrogen-bond donors (Lipinski definition) is 0. The van der Waals surface area contributed by atoms with Gasteiger partial charge < -0.3 is 9.64 Å². The number of nitrogens with zero attached hydrogens (tertiary/aromatic N) is 5. The van der Waals surface area contributed by atoms with Gasteiger partial charge in [0.25, 0.3) is 0 Å². The Labute approximate surface area is 166 Å². The molecule has 7 nitrogen and oxygen atoms in total. The highest BCUT2D eigenvalue weighted by Gasteiger charge is 2.26. The van der Waals surface area contributed by atoms with E-state index >= 15 is 0 Å². The first kappa shape index (κ1) is 19.1. The summed E-state index contributed by atoms with van der Waals surface area (Å²) in [5, 5.41) is 0. The fourth-order valence-corrected chi connectivity index (χ4v) is 4.15. The van der Waals surface area contributed by atoms with Crippen LogP contribution in [0.2, 0.25) is 0 Å². The third kappa shape index (κ3) is 4.25. The molecule has 28 heavy (non-hydrogen) atoms. The number of aromatic nitrogens is 3. The second-order valence-electron chi connectivity index (χ2n) is 7.56. The summed E-state index contributed by atoms with van der Waals surface area (Å²) in [5.41, 5.74) is 1.11. The van der Waals surface area contributed by atoms with E-state index < -0.39 is 0 Å². The molecule has 2 saturated heterocycles. The van der Waals surface area contributed by atoms with Crippen LogP contribution in [-0.2, 0) is 16.0 Å². The number of likely N-dealkylation sites (tertiary alicyclic amines) is 1. The zero-order valence-corrected chi connectivity index (χ0v) is 16.6. The van der Waals surface area contributed by atoms with Crippen molar-refractivity contribution in [1.29, 1.82) is 0 Å². The molecule has 4 rings (SSSR count). The average Bonchev–Trinajstić information content (AvgIpc) is 3.24. The van der Waals surface area contributed by atoms with E-state index in [0.29, 0.717) is 38.8 Å². The van der Waals surface area contributed by atoms with Gasteiger partial charge in [0.1, 0.15) is 11.6 Å². The van der Waals surface area contributed by atoms with Crippen LogP contribution in [0.15, 0.2) is 30.6 Å². The molecule has 2 aromatic heterocycles. The molecular weight excluding hydrogens is 354 g/mol. The Balaban J connectivity index is 1.43. The van der Waals surface area contributed by atoms with E-state index in [0.717, 1.165) is 49.7 Å². The summed E-state index contributed by atoms with van der Waals surface area (Å²) in [6, 6.07) is 6.23. The summed E-state index contributed by atoms with van der Waals surface area (Å²) >= 11 is 0. The van der Waals surface area contributed by atoms with E-state index in [-0.39, 0.29) is 5.91 Å². The van der Waals surface area contributed by atoms with Gasteiger partial charge in [0, 0.05) is 50.1 Å². The number of hydrogen-bond acceptors (Lipinski definition) is 5. The van der Waals surface area contributed by atoms with Crippen LogP contribution >= 0.6 is 0 Å². The summed E-state index contributed by atoms with van der Waals surface area (Å²) < 4.78 is 7.41. The smallest absolute Gasteiger partial charge is 0.236 e. The van der Waals surface area contributed by atoms with Crippen molar-refractivity contribution >= 4 is 5.91 Å². The van der Waals surface area contributed by atoms with Crippen LogP contribution < -0.4 is 0 Å². The average molecular weight is 383 g/mol. The second kappa shape index (κ2) is 8.84. The van der Waals surface area contributed by atoms with E-state index in [1.165, 1.54) is 0 Å². The van der Waals surface area contributed by atoms with Crippen LogP contribution in [0.4, 0.5) is 0 Å². The highest BCUT2D eigenvalue weighted by atomic mass is 16.5. The number of rotatable bonds is 5. The number of pyridine rings is 1. The molecule has 2 aliphatic heterocycles. The van der Waals surface area contributed by atoms with Crippen LogP contribution in [0.3, 0.4) is 0 Å². The fourth-order valence-electron chi connectivity index (χ4n) is 4.15. The van der Waals surface area contributed by atoms with Crippen LogP contribution in [0.5, 0.6) is 0 Å². The molecule has 0 unspecified atom stereocenters. The van der Waals surface area contributed by atoms with Gasteiger partial charge in [-0.25, -0.2) is 9.97 Å². The molecule has 0 radical (unpaired) electrons. The van der Waals surface area contributed by atoms with E-state index in [9.17, 15) is 4.79 Å². The van der Waals surface area contributed by atoms with Crippen molar-refractivity contribution in [2.45, 2.75) is 32.1 Å². The van der Waals surface area contributed by atoms with E-state index in [1.54, 1.807) is 0 Å².